The molecule has 7 nitrogen and oxygen atoms in total. The van der Waals surface area contributed by atoms with Crippen molar-refractivity contribution in [3.05, 3.63) is 33.3 Å². The van der Waals surface area contributed by atoms with Gasteiger partial charge in [0, 0.05) is 17.5 Å². The summed E-state index contributed by atoms with van der Waals surface area (Å²) in [6, 6.07) is 3.91. The van der Waals surface area contributed by atoms with E-state index in [9.17, 15) is 19.7 Å². The number of hydrogen-bond donors (Lipinski definition) is 1. The lowest BCUT2D eigenvalue weighted by Gasteiger charge is -2.09. The van der Waals surface area contributed by atoms with Crippen molar-refractivity contribution in [3.8, 4) is 0 Å². The molecule has 0 unspecified atom stereocenters. The maximum absolute atomic E-state index is 11.8. The molecule has 1 amide bonds. The van der Waals surface area contributed by atoms with Crippen LogP contribution in [0.5, 0.6) is 0 Å². The van der Waals surface area contributed by atoms with Gasteiger partial charge in [-0.3, -0.25) is 19.7 Å². The number of anilines is 1. The van der Waals surface area contributed by atoms with E-state index >= 15 is 0 Å². The van der Waals surface area contributed by atoms with Crippen LogP contribution in [0.4, 0.5) is 11.4 Å². The Bertz CT molecular complexity index is 629. The molecule has 0 bridgehead atoms. The molecule has 1 aromatic carbocycles. The minimum Gasteiger partial charge on any atom is -0.456 e. The molecule has 130 valence electrons. The minimum absolute atomic E-state index is 0.0106. The van der Waals surface area contributed by atoms with Crippen LogP contribution in [0.3, 0.4) is 0 Å². The molecule has 1 fully saturated rings. The Hall–Kier alpha value is -2.15. The molecule has 0 aromatic heterocycles. The van der Waals surface area contributed by atoms with Gasteiger partial charge in [0.1, 0.15) is 5.69 Å². The zero-order valence-electron chi connectivity index (χ0n) is 13.1. The largest absolute Gasteiger partial charge is 0.456 e. The summed E-state index contributed by atoms with van der Waals surface area (Å²) >= 11 is 5.70. The zero-order chi connectivity index (χ0) is 17.5. The zero-order valence-corrected chi connectivity index (χ0v) is 13.9. The molecular weight excluding hydrogens is 336 g/mol. The lowest BCUT2D eigenvalue weighted by molar-refractivity contribution is -0.383. The van der Waals surface area contributed by atoms with Crippen molar-refractivity contribution in [2.75, 3.05) is 11.9 Å². The molecule has 8 heteroatoms. The fourth-order valence-electron chi connectivity index (χ4n) is 2.79. The molecular formula is C16H19ClN2O5. The Morgan fingerprint density at radius 1 is 1.33 bits per heavy atom. The molecule has 1 aliphatic rings. The van der Waals surface area contributed by atoms with Gasteiger partial charge in [0.2, 0.25) is 0 Å². The molecule has 0 saturated heterocycles. The Morgan fingerprint density at radius 2 is 2.04 bits per heavy atom. The van der Waals surface area contributed by atoms with Crippen LogP contribution in [-0.4, -0.2) is 23.4 Å². The fraction of sp³-hybridized carbons (Fsp3) is 0.500. The standard InChI is InChI=1S/C16H19ClN2O5/c17-12-6-7-13(14(9-12)19(22)23)18-15(20)10-24-16(21)8-5-11-3-1-2-4-11/h6-7,9,11H,1-5,8,10H2,(H,18,20). The number of nitro groups is 1. The summed E-state index contributed by atoms with van der Waals surface area (Å²) in [5.74, 6) is -0.486. The quantitative estimate of drug-likeness (QED) is 0.457. The van der Waals surface area contributed by atoms with Gasteiger partial charge in [-0.05, 0) is 24.5 Å². The maximum atomic E-state index is 11.8. The number of carbonyl (C=O) groups is 2. The van der Waals surface area contributed by atoms with Gasteiger partial charge < -0.3 is 10.1 Å². The first-order chi connectivity index (χ1) is 11.5. The normalized spacial score (nSPS) is 14.4. The van der Waals surface area contributed by atoms with E-state index in [4.69, 9.17) is 16.3 Å². The highest BCUT2D eigenvalue weighted by Gasteiger charge is 2.19. The van der Waals surface area contributed by atoms with E-state index in [2.05, 4.69) is 5.32 Å². The number of nitrogens with one attached hydrogen (secondary N) is 1. The molecule has 1 aliphatic carbocycles. The van der Waals surface area contributed by atoms with E-state index in [0.29, 0.717) is 12.3 Å². The van der Waals surface area contributed by atoms with Gasteiger partial charge in [0.15, 0.2) is 6.61 Å². The number of halogens is 1. The van der Waals surface area contributed by atoms with Crippen LogP contribution >= 0.6 is 11.6 Å². The highest BCUT2D eigenvalue weighted by molar-refractivity contribution is 6.31. The number of nitro benzene ring substituents is 1. The number of ether oxygens (including phenoxy) is 1. The number of benzene rings is 1. The predicted octanol–water partition coefficient (Wildman–Crippen LogP) is 3.70. The number of carbonyl (C=O) groups excluding carboxylic acids is 2. The van der Waals surface area contributed by atoms with Crippen molar-refractivity contribution in [1.29, 1.82) is 0 Å². The highest BCUT2D eigenvalue weighted by Crippen LogP contribution is 2.29. The van der Waals surface area contributed by atoms with E-state index in [0.717, 1.165) is 25.3 Å². The summed E-state index contributed by atoms with van der Waals surface area (Å²) in [5, 5.41) is 13.5. The van der Waals surface area contributed by atoms with Gasteiger partial charge in [-0.2, -0.15) is 0 Å². The topological polar surface area (TPSA) is 98.5 Å². The smallest absolute Gasteiger partial charge is 0.306 e. The van der Waals surface area contributed by atoms with Crippen molar-refractivity contribution in [3.63, 3.8) is 0 Å². The lowest BCUT2D eigenvalue weighted by atomic mass is 10.0. The summed E-state index contributed by atoms with van der Waals surface area (Å²) < 4.78 is 4.91. The summed E-state index contributed by atoms with van der Waals surface area (Å²) in [6.07, 6.45) is 5.79. The predicted molar refractivity (Wildman–Crippen MR) is 88.9 cm³/mol. The van der Waals surface area contributed by atoms with Crippen LogP contribution in [0.15, 0.2) is 18.2 Å². The van der Waals surface area contributed by atoms with Gasteiger partial charge >= 0.3 is 5.97 Å². The van der Waals surface area contributed by atoms with Crippen molar-refractivity contribution < 1.29 is 19.2 Å². The monoisotopic (exact) mass is 354 g/mol. The van der Waals surface area contributed by atoms with E-state index in [1.165, 1.54) is 25.0 Å². The van der Waals surface area contributed by atoms with E-state index in [1.807, 2.05) is 0 Å². The Balaban J connectivity index is 1.78. The number of esters is 1. The summed E-state index contributed by atoms with van der Waals surface area (Å²) in [5.41, 5.74) is -0.306. The SMILES string of the molecule is O=C(COC(=O)CCC1CCCC1)Nc1ccc(Cl)cc1[N+](=O)[O-]. The van der Waals surface area contributed by atoms with Crippen LogP contribution in [0.25, 0.3) is 0 Å². The average molecular weight is 355 g/mol. The molecule has 24 heavy (non-hydrogen) atoms. The minimum atomic E-state index is -0.644. The molecule has 1 N–H and O–H groups in total. The molecule has 0 aliphatic heterocycles. The number of nitrogens with zero attached hydrogens (tertiary/aromatic N) is 1. The van der Waals surface area contributed by atoms with Crippen molar-refractivity contribution in [2.45, 2.75) is 38.5 Å². The third kappa shape index (κ3) is 5.49. The highest BCUT2D eigenvalue weighted by atomic mass is 35.5. The summed E-state index contributed by atoms with van der Waals surface area (Å²) in [6.45, 7) is -0.469. The molecule has 0 atom stereocenters. The first-order valence-electron chi connectivity index (χ1n) is 7.85. The third-order valence-corrected chi connectivity index (χ3v) is 4.26. The second-order valence-electron chi connectivity index (χ2n) is 5.82. The molecule has 1 saturated carbocycles. The van der Waals surface area contributed by atoms with Crippen LogP contribution < -0.4 is 5.32 Å². The number of hydrogen-bond acceptors (Lipinski definition) is 5. The second kappa shape index (κ2) is 8.63. The van der Waals surface area contributed by atoms with E-state index in [-0.39, 0.29) is 16.4 Å². The summed E-state index contributed by atoms with van der Waals surface area (Å²) in [4.78, 5) is 33.7. The fourth-order valence-corrected chi connectivity index (χ4v) is 2.95. The molecule has 1 aromatic rings. The van der Waals surface area contributed by atoms with Gasteiger partial charge in [-0.25, -0.2) is 0 Å². The molecule has 0 heterocycles. The van der Waals surface area contributed by atoms with Crippen molar-refractivity contribution in [1.82, 2.24) is 0 Å². The van der Waals surface area contributed by atoms with E-state index < -0.39 is 23.4 Å². The van der Waals surface area contributed by atoms with Crippen LogP contribution in [-0.2, 0) is 14.3 Å². The first kappa shape index (κ1) is 18.2. The van der Waals surface area contributed by atoms with Gasteiger partial charge in [0.25, 0.3) is 11.6 Å². The third-order valence-electron chi connectivity index (χ3n) is 4.03. The molecule has 0 spiro atoms. The second-order valence-corrected chi connectivity index (χ2v) is 6.25. The lowest BCUT2D eigenvalue weighted by Crippen LogP contribution is -2.21. The van der Waals surface area contributed by atoms with E-state index in [1.54, 1.807) is 0 Å². The number of rotatable bonds is 7. The molecule has 0 radical (unpaired) electrons. The number of amides is 1. The van der Waals surface area contributed by atoms with Crippen molar-refractivity contribution in [2.24, 2.45) is 5.92 Å². The van der Waals surface area contributed by atoms with Crippen LogP contribution in [0.2, 0.25) is 5.02 Å². The van der Waals surface area contributed by atoms with Gasteiger partial charge in [0.05, 0.1) is 4.92 Å². The van der Waals surface area contributed by atoms with Gasteiger partial charge in [-0.15, -0.1) is 0 Å². The average Bonchev–Trinajstić information content (AvgIpc) is 3.06. The van der Waals surface area contributed by atoms with Crippen LogP contribution in [0.1, 0.15) is 38.5 Å². The van der Waals surface area contributed by atoms with Gasteiger partial charge in [-0.1, -0.05) is 37.3 Å². The Kier molecular flexibility index (Phi) is 6.54. The Morgan fingerprint density at radius 3 is 2.71 bits per heavy atom. The Labute approximate surface area is 144 Å². The van der Waals surface area contributed by atoms with Crippen LogP contribution in [0, 0.1) is 16.0 Å². The first-order valence-corrected chi connectivity index (χ1v) is 8.23. The molecule has 2 rings (SSSR count). The van der Waals surface area contributed by atoms with Crippen molar-refractivity contribution >= 4 is 34.9 Å². The summed E-state index contributed by atoms with van der Waals surface area (Å²) in [7, 11) is 0. The maximum Gasteiger partial charge on any atom is 0.306 e.